The van der Waals surface area contributed by atoms with Gasteiger partial charge in [-0.15, -0.1) is 0 Å². The highest BCUT2D eigenvalue weighted by Gasteiger charge is 2.29. The van der Waals surface area contributed by atoms with Gasteiger partial charge in [0, 0.05) is 24.8 Å². The fourth-order valence-electron chi connectivity index (χ4n) is 1.43. The van der Waals surface area contributed by atoms with Crippen LogP contribution in [0.15, 0.2) is 11.6 Å². The zero-order chi connectivity index (χ0) is 12.8. The summed E-state index contributed by atoms with van der Waals surface area (Å²) in [4.78, 5) is 33.9. The van der Waals surface area contributed by atoms with Crippen molar-refractivity contribution in [3.63, 3.8) is 0 Å². The molecule has 0 aromatic carbocycles. The number of hydrogen-bond acceptors (Lipinski definition) is 4. The normalized spacial score (nSPS) is 16.5. The molecule has 0 aromatic rings. The van der Waals surface area contributed by atoms with Gasteiger partial charge in [0.25, 0.3) is 11.8 Å². The van der Waals surface area contributed by atoms with Gasteiger partial charge in [-0.3, -0.25) is 19.7 Å². The summed E-state index contributed by atoms with van der Waals surface area (Å²) in [6, 6.07) is 0. The van der Waals surface area contributed by atoms with Gasteiger partial charge in [0.2, 0.25) is 5.91 Å². The Balaban J connectivity index is 2.44. The van der Waals surface area contributed by atoms with E-state index in [0.717, 1.165) is 6.08 Å². The summed E-state index contributed by atoms with van der Waals surface area (Å²) in [5.74, 6) is -1.90. The molecule has 1 aliphatic heterocycles. The summed E-state index contributed by atoms with van der Waals surface area (Å²) in [5, 5.41) is 4.74. The molecule has 94 valence electrons. The van der Waals surface area contributed by atoms with E-state index in [9.17, 15) is 14.4 Å². The van der Waals surface area contributed by atoms with E-state index in [0.29, 0.717) is 19.8 Å². The van der Waals surface area contributed by atoms with Crippen molar-refractivity contribution in [3.8, 4) is 0 Å². The van der Waals surface area contributed by atoms with Crippen molar-refractivity contribution >= 4 is 17.7 Å². The smallest absolute Gasteiger partial charge is 0.255 e. The van der Waals surface area contributed by atoms with Crippen molar-refractivity contribution in [1.82, 2.24) is 10.6 Å². The number of nitrogens with one attached hydrogen (secondary N) is 2. The van der Waals surface area contributed by atoms with E-state index in [-0.39, 0.29) is 11.5 Å². The first-order valence-electron chi connectivity index (χ1n) is 5.48. The molecule has 0 spiro atoms. The third-order valence-electron chi connectivity index (χ3n) is 2.40. The minimum Gasteiger partial charge on any atom is -0.380 e. The van der Waals surface area contributed by atoms with Gasteiger partial charge in [-0.2, -0.15) is 0 Å². The molecule has 1 rings (SSSR count). The molecule has 1 aliphatic rings. The van der Waals surface area contributed by atoms with Crippen molar-refractivity contribution in [2.45, 2.75) is 13.8 Å². The van der Waals surface area contributed by atoms with Crippen LogP contribution in [-0.4, -0.2) is 37.5 Å². The third kappa shape index (κ3) is 3.67. The molecule has 2 N–H and O–H groups in total. The summed E-state index contributed by atoms with van der Waals surface area (Å²) in [6.07, 6.45) is 1.16. The Kier molecular flexibility index (Phi) is 4.84. The van der Waals surface area contributed by atoms with E-state index in [1.165, 1.54) is 0 Å². The van der Waals surface area contributed by atoms with Crippen molar-refractivity contribution < 1.29 is 19.1 Å². The molecule has 0 aliphatic carbocycles. The van der Waals surface area contributed by atoms with Gasteiger partial charge >= 0.3 is 0 Å². The first-order valence-corrected chi connectivity index (χ1v) is 5.48. The average molecular weight is 240 g/mol. The van der Waals surface area contributed by atoms with Crippen LogP contribution >= 0.6 is 0 Å². The number of carbonyl (C=O) groups excluding carboxylic acids is 3. The summed E-state index contributed by atoms with van der Waals surface area (Å²) in [6.45, 7) is 4.86. The quantitative estimate of drug-likeness (QED) is 0.477. The van der Waals surface area contributed by atoms with Crippen LogP contribution in [0.25, 0.3) is 0 Å². The molecule has 0 radical (unpaired) electrons. The standard InChI is InChI=1S/C11H16N2O4/c1-3-17-5-4-12-10(15)7(2)8-6-9(14)13-11(8)16/h6-7H,3-5H2,1-2H3,(H,12,15)(H,13,14,16). The van der Waals surface area contributed by atoms with Crippen molar-refractivity contribution in [2.24, 2.45) is 5.92 Å². The van der Waals surface area contributed by atoms with Gasteiger partial charge in [-0.25, -0.2) is 0 Å². The molecule has 3 amide bonds. The molecule has 6 heteroatoms. The number of ether oxygens (including phenoxy) is 1. The first kappa shape index (κ1) is 13.4. The highest BCUT2D eigenvalue weighted by Crippen LogP contribution is 2.14. The van der Waals surface area contributed by atoms with Crippen molar-refractivity contribution in [1.29, 1.82) is 0 Å². The van der Waals surface area contributed by atoms with Crippen LogP contribution in [0.4, 0.5) is 0 Å². The molecule has 6 nitrogen and oxygen atoms in total. The number of imide groups is 1. The second-order valence-corrected chi connectivity index (χ2v) is 3.63. The first-order chi connectivity index (χ1) is 8.06. The van der Waals surface area contributed by atoms with Crippen LogP contribution in [0.5, 0.6) is 0 Å². The van der Waals surface area contributed by atoms with Gasteiger partial charge in [0.05, 0.1) is 12.5 Å². The molecule has 0 aromatic heterocycles. The second-order valence-electron chi connectivity index (χ2n) is 3.63. The van der Waals surface area contributed by atoms with Gasteiger partial charge in [-0.1, -0.05) is 0 Å². The van der Waals surface area contributed by atoms with Crippen LogP contribution in [-0.2, 0) is 19.1 Å². The number of carbonyl (C=O) groups is 3. The third-order valence-corrected chi connectivity index (χ3v) is 2.40. The number of hydrogen-bond donors (Lipinski definition) is 2. The second kappa shape index (κ2) is 6.15. The Morgan fingerprint density at radius 1 is 1.53 bits per heavy atom. The zero-order valence-electron chi connectivity index (χ0n) is 9.91. The van der Waals surface area contributed by atoms with Crippen LogP contribution < -0.4 is 10.6 Å². The molecular formula is C11H16N2O4. The highest BCUT2D eigenvalue weighted by atomic mass is 16.5. The lowest BCUT2D eigenvalue weighted by Gasteiger charge is -2.11. The Bertz CT molecular complexity index is 362. The molecular weight excluding hydrogens is 224 g/mol. The monoisotopic (exact) mass is 240 g/mol. The van der Waals surface area contributed by atoms with Gasteiger partial charge in [0.15, 0.2) is 0 Å². The molecule has 17 heavy (non-hydrogen) atoms. The Morgan fingerprint density at radius 2 is 2.24 bits per heavy atom. The van der Waals surface area contributed by atoms with Crippen LogP contribution in [0.3, 0.4) is 0 Å². The Labute approximate surface area is 99.4 Å². The predicted octanol–water partition coefficient (Wildman–Crippen LogP) is -0.642. The SMILES string of the molecule is CCOCCNC(=O)C(C)C1=CC(=O)NC1=O. The number of rotatable bonds is 6. The molecule has 0 saturated heterocycles. The van der Waals surface area contributed by atoms with Crippen LogP contribution in [0.1, 0.15) is 13.8 Å². The summed E-state index contributed by atoms with van der Waals surface area (Å²) >= 11 is 0. The maximum atomic E-state index is 11.6. The van der Waals surface area contributed by atoms with Crippen molar-refractivity contribution in [3.05, 3.63) is 11.6 Å². The lowest BCUT2D eigenvalue weighted by Crippen LogP contribution is -2.35. The van der Waals surface area contributed by atoms with E-state index in [1.807, 2.05) is 6.92 Å². The van der Waals surface area contributed by atoms with E-state index in [1.54, 1.807) is 6.92 Å². The minimum atomic E-state index is -0.636. The average Bonchev–Trinajstić information content (AvgIpc) is 2.62. The van der Waals surface area contributed by atoms with E-state index >= 15 is 0 Å². The van der Waals surface area contributed by atoms with Gasteiger partial charge < -0.3 is 10.1 Å². The van der Waals surface area contributed by atoms with Crippen molar-refractivity contribution in [2.75, 3.05) is 19.8 Å². The molecule has 0 fully saturated rings. The maximum absolute atomic E-state index is 11.6. The fourth-order valence-corrected chi connectivity index (χ4v) is 1.43. The van der Waals surface area contributed by atoms with Crippen LogP contribution in [0, 0.1) is 5.92 Å². The topological polar surface area (TPSA) is 84.5 Å². The molecule has 0 saturated carbocycles. The summed E-state index contributed by atoms with van der Waals surface area (Å²) in [5.41, 5.74) is 0.198. The fraction of sp³-hybridized carbons (Fsp3) is 0.545. The Morgan fingerprint density at radius 3 is 2.76 bits per heavy atom. The van der Waals surface area contributed by atoms with E-state index in [2.05, 4.69) is 10.6 Å². The maximum Gasteiger partial charge on any atom is 0.255 e. The summed E-state index contributed by atoms with van der Waals surface area (Å²) in [7, 11) is 0. The summed E-state index contributed by atoms with van der Waals surface area (Å²) < 4.78 is 5.06. The highest BCUT2D eigenvalue weighted by molar-refractivity contribution is 6.18. The van der Waals surface area contributed by atoms with Gasteiger partial charge in [-0.05, 0) is 13.8 Å². The molecule has 0 bridgehead atoms. The van der Waals surface area contributed by atoms with E-state index < -0.39 is 17.7 Å². The minimum absolute atomic E-state index is 0.198. The van der Waals surface area contributed by atoms with Crippen LogP contribution in [0.2, 0.25) is 0 Å². The molecule has 1 atom stereocenters. The Hall–Kier alpha value is -1.69. The largest absolute Gasteiger partial charge is 0.380 e. The predicted molar refractivity (Wildman–Crippen MR) is 59.9 cm³/mol. The van der Waals surface area contributed by atoms with E-state index in [4.69, 9.17) is 4.74 Å². The molecule has 1 unspecified atom stereocenters. The zero-order valence-corrected chi connectivity index (χ0v) is 9.91. The number of amides is 3. The lowest BCUT2D eigenvalue weighted by molar-refractivity contribution is -0.127. The van der Waals surface area contributed by atoms with Gasteiger partial charge in [0.1, 0.15) is 0 Å². The molecule has 1 heterocycles. The lowest BCUT2D eigenvalue weighted by atomic mass is 10.0.